The maximum absolute atomic E-state index is 9.87. The second-order valence-corrected chi connectivity index (χ2v) is 9.43. The molecule has 6 nitrogen and oxygen atoms in total. The molecule has 0 aromatic carbocycles. The molecule has 0 aliphatic carbocycles. The summed E-state index contributed by atoms with van der Waals surface area (Å²) >= 11 is -2.97. The molecule has 0 saturated carbocycles. The van der Waals surface area contributed by atoms with E-state index in [0.717, 1.165) is 0 Å². The number of carbonyl (C=O) groups is 2. The Bertz CT molecular complexity index is 276. The van der Waals surface area contributed by atoms with Crippen LogP contribution in [0.15, 0.2) is 0 Å². The Balaban J connectivity index is 0. The van der Waals surface area contributed by atoms with E-state index in [4.69, 9.17) is 15.1 Å². The van der Waals surface area contributed by atoms with Crippen molar-refractivity contribution in [3.63, 3.8) is 0 Å². The van der Waals surface area contributed by atoms with Crippen LogP contribution in [-0.4, -0.2) is 35.2 Å². The van der Waals surface area contributed by atoms with Crippen molar-refractivity contribution < 1.29 is 42.4 Å². The van der Waals surface area contributed by atoms with E-state index in [1.165, 1.54) is 6.92 Å². The van der Waals surface area contributed by atoms with Gasteiger partial charge in [-0.05, 0) is 6.92 Å². The molecular weight excluding hydrogens is 312 g/mol. The second-order valence-electron chi connectivity index (χ2n) is 5.63. The molecular formula is C14H30O6Ti. The van der Waals surface area contributed by atoms with Gasteiger partial charge in [-0.15, -0.1) is 0 Å². The Morgan fingerprint density at radius 3 is 1.29 bits per heavy atom. The van der Waals surface area contributed by atoms with Gasteiger partial charge >= 0.3 is 98.8 Å². The zero-order valence-electron chi connectivity index (χ0n) is 14.4. The van der Waals surface area contributed by atoms with Crippen molar-refractivity contribution in [2.45, 2.75) is 78.4 Å². The van der Waals surface area contributed by atoms with Crippen LogP contribution in [0.3, 0.4) is 0 Å². The minimum absolute atomic E-state index is 0.164. The molecule has 0 aliphatic rings. The van der Waals surface area contributed by atoms with Gasteiger partial charge in [-0.2, -0.15) is 0 Å². The van der Waals surface area contributed by atoms with E-state index in [2.05, 4.69) is 0 Å². The fourth-order valence-corrected chi connectivity index (χ4v) is 5.85. The van der Waals surface area contributed by atoms with Crippen LogP contribution in [0.25, 0.3) is 0 Å². The number of Topliss-reactive ketones (excluding diaryl/α,β-unsaturated/α-hetero) is 1. The van der Waals surface area contributed by atoms with Crippen molar-refractivity contribution in [1.29, 1.82) is 0 Å². The van der Waals surface area contributed by atoms with Crippen molar-refractivity contribution in [2.75, 3.05) is 0 Å². The van der Waals surface area contributed by atoms with Crippen molar-refractivity contribution in [3.05, 3.63) is 0 Å². The van der Waals surface area contributed by atoms with Gasteiger partial charge in [0.1, 0.15) is 12.2 Å². The van der Waals surface area contributed by atoms with Gasteiger partial charge in [-0.25, -0.2) is 0 Å². The van der Waals surface area contributed by atoms with Gasteiger partial charge < -0.3 is 5.11 Å². The molecule has 0 saturated heterocycles. The molecule has 0 spiro atoms. The van der Waals surface area contributed by atoms with Crippen LogP contribution in [0.5, 0.6) is 0 Å². The van der Waals surface area contributed by atoms with Crippen LogP contribution >= 0.6 is 0 Å². The summed E-state index contributed by atoms with van der Waals surface area (Å²) in [5.74, 6) is -1.37. The Hall–Kier alpha value is -0.266. The normalized spacial score (nSPS) is 11.6. The van der Waals surface area contributed by atoms with Crippen LogP contribution in [0.2, 0.25) is 5.23 Å². The Labute approximate surface area is 132 Å². The van der Waals surface area contributed by atoms with Gasteiger partial charge in [0.2, 0.25) is 0 Å². The molecule has 7 heteroatoms. The zero-order chi connectivity index (χ0) is 17.2. The van der Waals surface area contributed by atoms with Crippen LogP contribution < -0.4 is 0 Å². The summed E-state index contributed by atoms with van der Waals surface area (Å²) in [5, 5.41) is 9.86. The summed E-state index contributed by atoms with van der Waals surface area (Å²) in [7, 11) is 0. The Kier molecular flexibility index (Phi) is 12.4. The average Bonchev–Trinajstić information content (AvgIpc) is 2.09. The van der Waals surface area contributed by atoms with Crippen molar-refractivity contribution >= 4 is 11.8 Å². The van der Waals surface area contributed by atoms with E-state index in [-0.39, 0.29) is 30.5 Å². The molecule has 21 heavy (non-hydrogen) atoms. The van der Waals surface area contributed by atoms with Crippen LogP contribution in [-0.2, 0) is 37.3 Å². The number of aliphatic carboxylic acids is 1. The molecule has 0 amide bonds. The summed E-state index contributed by atoms with van der Waals surface area (Å²) in [4.78, 5) is 19.5. The molecule has 126 valence electrons. The Morgan fingerprint density at radius 2 is 1.19 bits per heavy atom. The molecule has 0 atom stereocenters. The van der Waals surface area contributed by atoms with Crippen LogP contribution in [0.4, 0.5) is 0 Å². The van der Waals surface area contributed by atoms with E-state index in [1.807, 2.05) is 46.8 Å². The van der Waals surface area contributed by atoms with Crippen molar-refractivity contribution in [2.24, 2.45) is 0 Å². The van der Waals surface area contributed by atoms with Gasteiger partial charge in [0, 0.05) is 0 Å². The fourth-order valence-electron chi connectivity index (χ4n) is 1.58. The molecule has 0 aromatic rings. The van der Waals surface area contributed by atoms with E-state index in [1.54, 1.807) is 0 Å². The predicted molar refractivity (Wildman–Crippen MR) is 77.5 cm³/mol. The number of carboxylic acid groups (broad SMARTS) is 1. The number of carbonyl (C=O) groups excluding carboxylic acids is 1. The topological polar surface area (TPSA) is 82.1 Å². The summed E-state index contributed by atoms with van der Waals surface area (Å²) in [6, 6.07) is 0. The second kappa shape index (κ2) is 11.3. The zero-order valence-corrected chi connectivity index (χ0v) is 16.0. The van der Waals surface area contributed by atoms with Crippen LogP contribution in [0.1, 0.15) is 54.9 Å². The van der Waals surface area contributed by atoms with Gasteiger partial charge in [-0.3, -0.25) is 9.59 Å². The van der Waals surface area contributed by atoms with Crippen molar-refractivity contribution in [3.8, 4) is 0 Å². The van der Waals surface area contributed by atoms with E-state index in [9.17, 15) is 9.59 Å². The minimum atomic E-state index is -2.97. The number of ketones is 1. The van der Waals surface area contributed by atoms with E-state index >= 15 is 0 Å². The quantitative estimate of drug-likeness (QED) is 0.539. The van der Waals surface area contributed by atoms with E-state index in [0.29, 0.717) is 0 Å². The number of hydrogen-bond acceptors (Lipinski definition) is 5. The standard InChI is InChI=1S/C4H6O3.3C3H7O.CH3.Ti/c1-3(5)2-4(6)7;3*1-3(2)4;;/h2H2,1H3,(H,6,7);3*3H,1-2H3;1H3;/q;3*-1;;+3. The third kappa shape index (κ3) is 17.7. The third-order valence-electron chi connectivity index (χ3n) is 1.75. The monoisotopic (exact) mass is 342 g/mol. The SMILES string of the molecule is CC(=O)CC(=O)O.CC(C)[O][Ti]([CH3])([O]C(C)C)[O]C(C)C. The van der Waals surface area contributed by atoms with Crippen molar-refractivity contribution in [1.82, 2.24) is 0 Å². The molecule has 0 fully saturated rings. The first-order chi connectivity index (χ1) is 9.38. The van der Waals surface area contributed by atoms with Gasteiger partial charge in [0.05, 0.1) is 0 Å². The van der Waals surface area contributed by atoms with Gasteiger partial charge in [0.25, 0.3) is 0 Å². The van der Waals surface area contributed by atoms with Gasteiger partial charge in [0.15, 0.2) is 0 Å². The molecule has 0 unspecified atom stereocenters. The summed E-state index contributed by atoms with van der Waals surface area (Å²) in [5.41, 5.74) is 0. The van der Waals surface area contributed by atoms with Crippen LogP contribution in [0, 0.1) is 0 Å². The first-order valence-electron chi connectivity index (χ1n) is 7.12. The molecule has 0 radical (unpaired) electrons. The summed E-state index contributed by atoms with van der Waals surface area (Å²) in [6.07, 6.45) is 0.132. The fraction of sp³-hybridized carbons (Fsp3) is 0.857. The predicted octanol–water partition coefficient (Wildman–Crippen LogP) is 3.26. The Morgan fingerprint density at radius 1 is 0.905 bits per heavy atom. The first kappa shape index (κ1) is 23.0. The van der Waals surface area contributed by atoms with Gasteiger partial charge in [-0.1, -0.05) is 0 Å². The molecule has 0 bridgehead atoms. The molecule has 0 aliphatic heterocycles. The van der Waals surface area contributed by atoms with E-state index < -0.39 is 23.7 Å². The maximum atomic E-state index is 9.87. The summed E-state index contributed by atoms with van der Waals surface area (Å²) in [6.45, 7) is 13.3. The third-order valence-corrected chi connectivity index (χ3v) is 5.96. The number of carboxylic acids is 1. The first-order valence-corrected chi connectivity index (χ1v) is 10.6. The number of hydrogen-bond donors (Lipinski definition) is 1. The molecule has 1 N–H and O–H groups in total. The molecule has 0 aromatic heterocycles. The molecule has 0 heterocycles. The summed E-state index contributed by atoms with van der Waals surface area (Å²) < 4.78 is 17.4. The average molecular weight is 342 g/mol. The number of rotatable bonds is 8. The molecule has 0 rings (SSSR count).